The van der Waals surface area contributed by atoms with Gasteiger partial charge in [-0.25, -0.2) is 14.4 Å². The van der Waals surface area contributed by atoms with Gasteiger partial charge in [0.05, 0.1) is 35.3 Å². The van der Waals surface area contributed by atoms with E-state index in [9.17, 15) is 0 Å². The van der Waals surface area contributed by atoms with Crippen LogP contribution in [0.3, 0.4) is 0 Å². The van der Waals surface area contributed by atoms with E-state index >= 15 is 4.39 Å². The van der Waals surface area contributed by atoms with Gasteiger partial charge in [-0.3, -0.25) is 15.1 Å². The van der Waals surface area contributed by atoms with Crippen LogP contribution in [0.4, 0.5) is 10.1 Å². The fraction of sp³-hybridized carbons (Fsp3) is 0.0870. The molecule has 0 unspecified atom stereocenters. The summed E-state index contributed by atoms with van der Waals surface area (Å²) in [5.74, 6) is -0.0397. The highest BCUT2D eigenvalue weighted by atomic mass is 19.1. The van der Waals surface area contributed by atoms with Crippen molar-refractivity contribution in [3.8, 4) is 33.9 Å². The molecular weight excluding hydrogens is 423 g/mol. The fourth-order valence-electron chi connectivity index (χ4n) is 3.80. The second-order valence-corrected chi connectivity index (χ2v) is 7.76. The number of aromatic amines is 2. The number of halogens is 1. The standard InChI is InChI=1S/C23H17FN8O/c1-32(2)14-7-13(8-25-9-14)15-10-27-22-17(18(15)24)21(30-31-22)23-28-16-3-5-26-19(20(16)29-23)12-4-6-33-11-12/h3-11H,1-2H3,(H,28,29)(H,27,30,31). The van der Waals surface area contributed by atoms with E-state index in [2.05, 4.69) is 35.1 Å². The monoisotopic (exact) mass is 440 g/mol. The third-order valence-electron chi connectivity index (χ3n) is 5.50. The fourth-order valence-corrected chi connectivity index (χ4v) is 3.80. The van der Waals surface area contributed by atoms with E-state index in [1.165, 1.54) is 6.20 Å². The Morgan fingerprint density at radius 2 is 1.94 bits per heavy atom. The molecule has 6 heterocycles. The Kier molecular flexibility index (Phi) is 4.19. The number of imidazole rings is 1. The molecule has 162 valence electrons. The van der Waals surface area contributed by atoms with Crippen LogP contribution in [0.2, 0.25) is 0 Å². The summed E-state index contributed by atoms with van der Waals surface area (Å²) < 4.78 is 21.0. The first kappa shape index (κ1) is 19.1. The number of nitrogens with one attached hydrogen (secondary N) is 2. The van der Waals surface area contributed by atoms with Crippen molar-refractivity contribution in [1.29, 1.82) is 0 Å². The van der Waals surface area contributed by atoms with Crippen LogP contribution in [0.15, 0.2) is 59.9 Å². The smallest absolute Gasteiger partial charge is 0.159 e. The van der Waals surface area contributed by atoms with Gasteiger partial charge in [0.15, 0.2) is 11.5 Å². The van der Waals surface area contributed by atoms with Gasteiger partial charge in [0.1, 0.15) is 22.7 Å². The van der Waals surface area contributed by atoms with E-state index in [-0.39, 0.29) is 5.39 Å². The lowest BCUT2D eigenvalue weighted by Gasteiger charge is -2.13. The molecule has 0 bridgehead atoms. The van der Waals surface area contributed by atoms with E-state index in [1.807, 2.05) is 37.2 Å². The largest absolute Gasteiger partial charge is 0.472 e. The van der Waals surface area contributed by atoms with Crippen LogP contribution in [0.25, 0.3) is 56.0 Å². The lowest BCUT2D eigenvalue weighted by molar-refractivity contribution is 0.568. The summed E-state index contributed by atoms with van der Waals surface area (Å²) in [6.45, 7) is 0. The van der Waals surface area contributed by atoms with Gasteiger partial charge in [0.2, 0.25) is 0 Å². The van der Waals surface area contributed by atoms with Gasteiger partial charge in [-0.05, 0) is 18.2 Å². The summed E-state index contributed by atoms with van der Waals surface area (Å²) in [4.78, 5) is 22.9. The molecule has 6 aromatic heterocycles. The number of anilines is 1. The first-order valence-electron chi connectivity index (χ1n) is 10.1. The zero-order valence-corrected chi connectivity index (χ0v) is 17.7. The maximum atomic E-state index is 15.8. The minimum Gasteiger partial charge on any atom is -0.472 e. The number of pyridine rings is 3. The topological polar surface area (TPSA) is 112 Å². The summed E-state index contributed by atoms with van der Waals surface area (Å²) >= 11 is 0. The van der Waals surface area contributed by atoms with Gasteiger partial charge < -0.3 is 14.3 Å². The average molecular weight is 440 g/mol. The Balaban J connectivity index is 1.53. The number of H-pyrrole nitrogens is 2. The number of hydrogen-bond acceptors (Lipinski definition) is 7. The first-order valence-corrected chi connectivity index (χ1v) is 10.1. The van der Waals surface area contributed by atoms with Crippen LogP contribution in [0.1, 0.15) is 0 Å². The van der Waals surface area contributed by atoms with Crippen molar-refractivity contribution in [3.63, 3.8) is 0 Å². The van der Waals surface area contributed by atoms with Crippen LogP contribution < -0.4 is 4.90 Å². The highest BCUT2D eigenvalue weighted by Gasteiger charge is 2.21. The van der Waals surface area contributed by atoms with Crippen molar-refractivity contribution in [2.45, 2.75) is 0 Å². The van der Waals surface area contributed by atoms with Gasteiger partial charge in [0.25, 0.3) is 0 Å². The van der Waals surface area contributed by atoms with Crippen LogP contribution in [-0.4, -0.2) is 49.2 Å². The quantitative estimate of drug-likeness (QED) is 0.417. The zero-order chi connectivity index (χ0) is 22.5. The number of aromatic nitrogens is 7. The predicted molar refractivity (Wildman–Crippen MR) is 122 cm³/mol. The van der Waals surface area contributed by atoms with Gasteiger partial charge in [-0.2, -0.15) is 5.10 Å². The van der Waals surface area contributed by atoms with E-state index in [1.54, 1.807) is 31.1 Å². The Bertz CT molecular complexity index is 1620. The third-order valence-corrected chi connectivity index (χ3v) is 5.50. The molecule has 0 amide bonds. The number of hydrogen-bond donors (Lipinski definition) is 2. The molecular formula is C23H17FN8O. The molecule has 0 radical (unpaired) electrons. The van der Waals surface area contributed by atoms with Crippen LogP contribution >= 0.6 is 0 Å². The summed E-state index contributed by atoms with van der Waals surface area (Å²) in [5, 5.41) is 7.37. The molecule has 0 aromatic carbocycles. The van der Waals surface area contributed by atoms with Crippen molar-refractivity contribution in [2.24, 2.45) is 0 Å². The van der Waals surface area contributed by atoms with Gasteiger partial charge in [-0.15, -0.1) is 0 Å². The maximum Gasteiger partial charge on any atom is 0.159 e. The maximum absolute atomic E-state index is 15.8. The summed E-state index contributed by atoms with van der Waals surface area (Å²) in [6, 6.07) is 5.48. The average Bonchev–Trinajstić information content (AvgIpc) is 3.58. The summed E-state index contributed by atoms with van der Waals surface area (Å²) in [6.07, 6.45) is 9.68. The highest BCUT2D eigenvalue weighted by Crippen LogP contribution is 2.34. The molecule has 0 saturated heterocycles. The van der Waals surface area contributed by atoms with Gasteiger partial charge in [0, 0.05) is 49.4 Å². The number of nitrogens with zero attached hydrogens (tertiary/aromatic N) is 6. The second-order valence-electron chi connectivity index (χ2n) is 7.76. The van der Waals surface area contributed by atoms with Crippen LogP contribution in [0, 0.1) is 5.82 Å². The third kappa shape index (κ3) is 3.03. The Morgan fingerprint density at radius 3 is 2.76 bits per heavy atom. The molecule has 9 nitrogen and oxygen atoms in total. The summed E-state index contributed by atoms with van der Waals surface area (Å²) in [7, 11) is 3.81. The van der Waals surface area contributed by atoms with Crippen molar-refractivity contribution in [1.82, 2.24) is 35.1 Å². The minimum absolute atomic E-state index is 0.250. The Hall–Kier alpha value is -4.60. The normalized spacial score (nSPS) is 11.5. The molecule has 0 aliphatic heterocycles. The number of furan rings is 1. The highest BCUT2D eigenvalue weighted by molar-refractivity contribution is 5.96. The molecule has 0 atom stereocenters. The lowest BCUT2D eigenvalue weighted by atomic mass is 10.1. The summed E-state index contributed by atoms with van der Waals surface area (Å²) in [5.41, 5.74) is 5.32. The first-order chi connectivity index (χ1) is 16.1. The molecule has 6 aromatic rings. The SMILES string of the molecule is CN(C)c1cncc(-c2cnc3[nH]nc(-c4nc5c(-c6ccoc6)nccc5[nH]4)c3c2F)c1. The van der Waals surface area contributed by atoms with E-state index in [4.69, 9.17) is 4.42 Å². The Labute approximate surface area is 186 Å². The van der Waals surface area contributed by atoms with E-state index in [0.717, 1.165) is 16.8 Å². The van der Waals surface area contributed by atoms with Crippen molar-refractivity contribution in [3.05, 3.63) is 61.3 Å². The minimum atomic E-state index is -0.449. The van der Waals surface area contributed by atoms with E-state index < -0.39 is 5.82 Å². The second kappa shape index (κ2) is 7.23. The molecule has 33 heavy (non-hydrogen) atoms. The lowest BCUT2D eigenvalue weighted by Crippen LogP contribution is -2.08. The molecule has 2 N–H and O–H groups in total. The Morgan fingerprint density at radius 1 is 1.03 bits per heavy atom. The van der Waals surface area contributed by atoms with E-state index in [0.29, 0.717) is 39.5 Å². The van der Waals surface area contributed by atoms with Crippen LogP contribution in [0.5, 0.6) is 0 Å². The molecule has 6 rings (SSSR count). The van der Waals surface area contributed by atoms with Gasteiger partial charge >= 0.3 is 0 Å². The molecule has 0 aliphatic carbocycles. The van der Waals surface area contributed by atoms with Crippen molar-refractivity contribution >= 4 is 27.8 Å². The molecule has 10 heteroatoms. The van der Waals surface area contributed by atoms with Crippen molar-refractivity contribution in [2.75, 3.05) is 19.0 Å². The number of fused-ring (bicyclic) bond motifs is 2. The number of rotatable bonds is 4. The van der Waals surface area contributed by atoms with Crippen LogP contribution in [-0.2, 0) is 0 Å². The molecule has 0 fully saturated rings. The molecule has 0 spiro atoms. The predicted octanol–water partition coefficient (Wildman–Crippen LogP) is 4.42. The molecule has 0 saturated carbocycles. The van der Waals surface area contributed by atoms with Gasteiger partial charge in [-0.1, -0.05) is 0 Å². The zero-order valence-electron chi connectivity index (χ0n) is 17.7. The molecule has 0 aliphatic rings. The van der Waals surface area contributed by atoms with Crippen molar-refractivity contribution < 1.29 is 8.81 Å².